The summed E-state index contributed by atoms with van der Waals surface area (Å²) in [5, 5.41) is 9.96. The van der Waals surface area contributed by atoms with Crippen LogP contribution in [0.15, 0.2) is 18.2 Å². The maximum Gasteiger partial charge on any atom is 0.122 e. The molecule has 1 aromatic carbocycles. The molecule has 0 unspecified atom stereocenters. The molecule has 3 nitrogen and oxygen atoms in total. The van der Waals surface area contributed by atoms with Crippen LogP contribution in [0.1, 0.15) is 33.3 Å². The largest absolute Gasteiger partial charge is 0.508 e. The van der Waals surface area contributed by atoms with E-state index in [0.717, 1.165) is 24.3 Å². The van der Waals surface area contributed by atoms with Crippen molar-refractivity contribution < 1.29 is 5.11 Å². The number of phenolic OH excluding ortho intramolecular Hbond substituents is 1. The molecule has 16 heavy (non-hydrogen) atoms. The lowest BCUT2D eigenvalue weighted by atomic mass is 9.94. The fraction of sp³-hybridized carbons (Fsp3) is 0.538. The first-order valence-electron chi connectivity index (χ1n) is 5.77. The molecule has 0 aliphatic rings. The third-order valence-corrected chi connectivity index (χ3v) is 2.80. The van der Waals surface area contributed by atoms with Gasteiger partial charge in [0.25, 0.3) is 0 Å². The van der Waals surface area contributed by atoms with Crippen LogP contribution in [0, 0.1) is 0 Å². The molecule has 1 aromatic rings. The van der Waals surface area contributed by atoms with E-state index in [2.05, 4.69) is 18.7 Å². The van der Waals surface area contributed by atoms with Gasteiger partial charge in [-0.3, -0.25) is 0 Å². The smallest absolute Gasteiger partial charge is 0.122 e. The molecule has 0 saturated carbocycles. The second-order valence-electron chi connectivity index (χ2n) is 4.60. The van der Waals surface area contributed by atoms with Crippen molar-refractivity contribution in [1.82, 2.24) is 0 Å². The number of nitrogens with two attached hydrogens (primary N) is 1. The molecule has 3 N–H and O–H groups in total. The second-order valence-corrected chi connectivity index (χ2v) is 4.60. The van der Waals surface area contributed by atoms with Crippen LogP contribution in [0.25, 0.3) is 0 Å². The van der Waals surface area contributed by atoms with Crippen LogP contribution in [-0.2, 0) is 5.54 Å². The lowest BCUT2D eigenvalue weighted by Gasteiger charge is -2.25. The molecule has 0 spiro atoms. The van der Waals surface area contributed by atoms with Crippen molar-refractivity contribution in [2.75, 3.05) is 18.0 Å². The molecule has 90 valence electrons. The zero-order chi connectivity index (χ0) is 12.3. The van der Waals surface area contributed by atoms with Crippen molar-refractivity contribution in [1.29, 1.82) is 0 Å². The van der Waals surface area contributed by atoms with Gasteiger partial charge in [0.15, 0.2) is 0 Å². The topological polar surface area (TPSA) is 49.5 Å². The van der Waals surface area contributed by atoms with Crippen LogP contribution in [0.5, 0.6) is 5.75 Å². The highest BCUT2D eigenvalue weighted by Crippen LogP contribution is 2.30. The Morgan fingerprint density at radius 1 is 1.25 bits per heavy atom. The van der Waals surface area contributed by atoms with Gasteiger partial charge in [0.1, 0.15) is 5.75 Å². The van der Waals surface area contributed by atoms with Crippen molar-refractivity contribution in [2.45, 2.75) is 33.2 Å². The fourth-order valence-electron chi connectivity index (χ4n) is 1.85. The van der Waals surface area contributed by atoms with Crippen molar-refractivity contribution >= 4 is 5.69 Å². The Morgan fingerprint density at radius 3 is 2.19 bits per heavy atom. The van der Waals surface area contributed by atoms with Gasteiger partial charge >= 0.3 is 0 Å². The Kier molecular flexibility index (Phi) is 3.81. The van der Waals surface area contributed by atoms with E-state index in [9.17, 15) is 5.11 Å². The van der Waals surface area contributed by atoms with E-state index in [-0.39, 0.29) is 5.75 Å². The van der Waals surface area contributed by atoms with E-state index in [1.165, 1.54) is 0 Å². The molecule has 0 radical (unpaired) electrons. The molecule has 1 rings (SSSR count). The molecule has 0 aliphatic carbocycles. The molecule has 0 saturated heterocycles. The second kappa shape index (κ2) is 4.74. The molecule has 0 heterocycles. The van der Waals surface area contributed by atoms with Gasteiger partial charge in [-0.05, 0) is 33.8 Å². The van der Waals surface area contributed by atoms with Gasteiger partial charge in [-0.25, -0.2) is 0 Å². The molecule has 0 atom stereocenters. The summed E-state index contributed by atoms with van der Waals surface area (Å²) < 4.78 is 0. The van der Waals surface area contributed by atoms with Crippen LogP contribution in [0.4, 0.5) is 5.69 Å². The first-order chi connectivity index (χ1) is 7.40. The standard InChI is InChI=1S/C13H22N2O/c1-5-15(6-2)10-7-8-11(12(16)9-10)13(3,4)14/h7-9,16H,5-6,14H2,1-4H3. The molecular weight excluding hydrogens is 200 g/mol. The molecule has 0 aromatic heterocycles. The highest BCUT2D eigenvalue weighted by Gasteiger charge is 2.19. The Bertz CT molecular complexity index is 351. The van der Waals surface area contributed by atoms with E-state index in [1.54, 1.807) is 6.07 Å². The third kappa shape index (κ3) is 2.67. The van der Waals surface area contributed by atoms with E-state index < -0.39 is 5.54 Å². The van der Waals surface area contributed by atoms with Crippen LogP contribution in [0.3, 0.4) is 0 Å². The number of benzene rings is 1. The Morgan fingerprint density at radius 2 is 1.81 bits per heavy atom. The summed E-state index contributed by atoms with van der Waals surface area (Å²) in [6, 6.07) is 5.70. The molecule has 0 aliphatic heterocycles. The van der Waals surface area contributed by atoms with E-state index in [1.807, 2.05) is 26.0 Å². The summed E-state index contributed by atoms with van der Waals surface area (Å²) in [5.41, 5.74) is 7.29. The summed E-state index contributed by atoms with van der Waals surface area (Å²) in [6.45, 7) is 9.84. The quantitative estimate of drug-likeness (QED) is 0.822. The molecule has 0 fully saturated rings. The van der Waals surface area contributed by atoms with Gasteiger partial charge in [0.2, 0.25) is 0 Å². The van der Waals surface area contributed by atoms with Crippen LogP contribution < -0.4 is 10.6 Å². The minimum atomic E-state index is -0.508. The number of phenols is 1. The number of hydrogen-bond donors (Lipinski definition) is 2. The third-order valence-electron chi connectivity index (χ3n) is 2.80. The minimum Gasteiger partial charge on any atom is -0.508 e. The number of anilines is 1. The zero-order valence-corrected chi connectivity index (χ0v) is 10.6. The molecule has 0 bridgehead atoms. The molecule has 3 heteroatoms. The van der Waals surface area contributed by atoms with Crippen LogP contribution >= 0.6 is 0 Å². The van der Waals surface area contributed by atoms with Gasteiger partial charge < -0.3 is 15.7 Å². The lowest BCUT2D eigenvalue weighted by Crippen LogP contribution is -2.29. The summed E-state index contributed by atoms with van der Waals surface area (Å²) in [5.74, 6) is 0.275. The van der Waals surface area contributed by atoms with Crippen molar-refractivity contribution in [3.63, 3.8) is 0 Å². The number of aromatic hydroxyl groups is 1. The number of nitrogens with zero attached hydrogens (tertiary/aromatic N) is 1. The van der Waals surface area contributed by atoms with Gasteiger partial charge in [-0.15, -0.1) is 0 Å². The van der Waals surface area contributed by atoms with Crippen molar-refractivity contribution in [3.8, 4) is 5.75 Å². The van der Waals surface area contributed by atoms with Gasteiger partial charge in [-0.1, -0.05) is 6.07 Å². The van der Waals surface area contributed by atoms with E-state index >= 15 is 0 Å². The maximum atomic E-state index is 9.96. The van der Waals surface area contributed by atoms with Gasteiger partial charge in [-0.2, -0.15) is 0 Å². The Hall–Kier alpha value is -1.22. The van der Waals surface area contributed by atoms with Crippen molar-refractivity contribution in [2.24, 2.45) is 5.73 Å². The van der Waals surface area contributed by atoms with Crippen LogP contribution in [0.2, 0.25) is 0 Å². The summed E-state index contributed by atoms with van der Waals surface area (Å²) in [7, 11) is 0. The van der Waals surface area contributed by atoms with E-state index in [4.69, 9.17) is 5.73 Å². The fourth-order valence-corrected chi connectivity index (χ4v) is 1.85. The SMILES string of the molecule is CCN(CC)c1ccc(C(C)(C)N)c(O)c1. The predicted molar refractivity (Wildman–Crippen MR) is 68.9 cm³/mol. The maximum absolute atomic E-state index is 9.96. The highest BCUT2D eigenvalue weighted by molar-refractivity contribution is 5.54. The highest BCUT2D eigenvalue weighted by atomic mass is 16.3. The summed E-state index contributed by atoms with van der Waals surface area (Å²) in [4.78, 5) is 2.19. The van der Waals surface area contributed by atoms with E-state index in [0.29, 0.717) is 0 Å². The molecule has 0 amide bonds. The van der Waals surface area contributed by atoms with Crippen molar-refractivity contribution in [3.05, 3.63) is 23.8 Å². The summed E-state index contributed by atoms with van der Waals surface area (Å²) >= 11 is 0. The minimum absolute atomic E-state index is 0.275. The summed E-state index contributed by atoms with van der Waals surface area (Å²) in [6.07, 6.45) is 0. The predicted octanol–water partition coefficient (Wildman–Crippen LogP) is 2.43. The first-order valence-corrected chi connectivity index (χ1v) is 5.77. The lowest BCUT2D eigenvalue weighted by molar-refractivity contribution is 0.440. The molecular formula is C13H22N2O. The zero-order valence-electron chi connectivity index (χ0n) is 10.6. The Balaban J connectivity index is 3.08. The monoisotopic (exact) mass is 222 g/mol. The number of hydrogen-bond acceptors (Lipinski definition) is 3. The Labute approximate surface area is 97.9 Å². The van der Waals surface area contributed by atoms with Gasteiger partial charge in [0, 0.05) is 35.9 Å². The average molecular weight is 222 g/mol. The normalized spacial score (nSPS) is 11.6. The van der Waals surface area contributed by atoms with Crippen LogP contribution in [-0.4, -0.2) is 18.2 Å². The first kappa shape index (κ1) is 12.8. The number of rotatable bonds is 4. The van der Waals surface area contributed by atoms with Gasteiger partial charge in [0.05, 0.1) is 0 Å². The average Bonchev–Trinajstić information content (AvgIpc) is 2.17.